The molecule has 6 heteroatoms. The summed E-state index contributed by atoms with van der Waals surface area (Å²) in [6, 6.07) is 8.61. The molecule has 1 heterocycles. The molecule has 2 amide bonds. The Hall–Kier alpha value is -2.08. The van der Waals surface area contributed by atoms with Crippen LogP contribution in [0.5, 0.6) is 0 Å². The van der Waals surface area contributed by atoms with Crippen LogP contribution < -0.4 is 5.32 Å². The van der Waals surface area contributed by atoms with Crippen molar-refractivity contribution in [1.29, 1.82) is 0 Å². The largest absolute Gasteiger partial charge is 0.445 e. The SMILES string of the molecule is CC(C)C(CO)NC(=O)C1CCCN1C(=O)OCc1ccccc1. The van der Waals surface area contributed by atoms with Gasteiger partial charge in [0.15, 0.2) is 0 Å². The van der Waals surface area contributed by atoms with Gasteiger partial charge in [-0.2, -0.15) is 0 Å². The summed E-state index contributed by atoms with van der Waals surface area (Å²) >= 11 is 0. The molecule has 1 aromatic rings. The van der Waals surface area contributed by atoms with Crippen molar-refractivity contribution >= 4 is 12.0 Å². The Kier molecular flexibility index (Phi) is 6.61. The van der Waals surface area contributed by atoms with Crippen LogP contribution in [-0.2, 0) is 16.1 Å². The van der Waals surface area contributed by atoms with E-state index < -0.39 is 12.1 Å². The van der Waals surface area contributed by atoms with E-state index in [1.165, 1.54) is 4.90 Å². The van der Waals surface area contributed by atoms with Gasteiger partial charge in [0, 0.05) is 6.54 Å². The summed E-state index contributed by atoms with van der Waals surface area (Å²) in [5.41, 5.74) is 0.909. The molecule has 6 nitrogen and oxygen atoms in total. The zero-order valence-corrected chi connectivity index (χ0v) is 14.3. The minimum atomic E-state index is -0.527. The first kappa shape index (κ1) is 18.3. The molecule has 0 spiro atoms. The van der Waals surface area contributed by atoms with Crippen LogP contribution in [0.15, 0.2) is 30.3 Å². The monoisotopic (exact) mass is 334 g/mol. The maximum atomic E-state index is 12.4. The molecule has 0 saturated carbocycles. The second kappa shape index (κ2) is 8.68. The summed E-state index contributed by atoms with van der Waals surface area (Å²) in [7, 11) is 0. The Morgan fingerprint density at radius 3 is 2.67 bits per heavy atom. The van der Waals surface area contributed by atoms with Gasteiger partial charge in [0.2, 0.25) is 5.91 Å². The topological polar surface area (TPSA) is 78.9 Å². The zero-order chi connectivity index (χ0) is 17.5. The molecule has 0 bridgehead atoms. The lowest BCUT2D eigenvalue weighted by molar-refractivity contribution is -0.126. The molecule has 1 aromatic carbocycles. The highest BCUT2D eigenvalue weighted by atomic mass is 16.6. The Balaban J connectivity index is 1.91. The lowest BCUT2D eigenvalue weighted by Gasteiger charge is -2.26. The average molecular weight is 334 g/mol. The van der Waals surface area contributed by atoms with Gasteiger partial charge in [-0.25, -0.2) is 4.79 Å². The summed E-state index contributed by atoms with van der Waals surface area (Å²) < 4.78 is 5.33. The molecular weight excluding hydrogens is 308 g/mol. The van der Waals surface area contributed by atoms with Crippen LogP contribution in [0.2, 0.25) is 0 Å². The molecule has 0 radical (unpaired) electrons. The summed E-state index contributed by atoms with van der Waals surface area (Å²) in [4.78, 5) is 26.2. The van der Waals surface area contributed by atoms with E-state index in [1.54, 1.807) is 0 Å². The predicted octanol–water partition coefficient (Wildman–Crippen LogP) is 1.92. The van der Waals surface area contributed by atoms with Gasteiger partial charge in [-0.1, -0.05) is 44.2 Å². The number of hydrogen-bond donors (Lipinski definition) is 2. The number of likely N-dealkylation sites (tertiary alicyclic amines) is 1. The Bertz CT molecular complexity index is 547. The number of hydrogen-bond acceptors (Lipinski definition) is 4. The van der Waals surface area contributed by atoms with E-state index in [2.05, 4.69) is 5.32 Å². The highest BCUT2D eigenvalue weighted by Gasteiger charge is 2.36. The summed E-state index contributed by atoms with van der Waals surface area (Å²) in [5.74, 6) is -0.101. The maximum Gasteiger partial charge on any atom is 0.410 e. The van der Waals surface area contributed by atoms with E-state index in [4.69, 9.17) is 4.74 Å². The molecule has 0 aromatic heterocycles. The molecule has 1 aliphatic heterocycles. The van der Waals surface area contributed by atoms with Gasteiger partial charge >= 0.3 is 6.09 Å². The number of aliphatic hydroxyl groups excluding tert-OH is 1. The van der Waals surface area contributed by atoms with Crippen molar-refractivity contribution in [2.75, 3.05) is 13.2 Å². The van der Waals surface area contributed by atoms with Crippen molar-refractivity contribution in [2.45, 2.75) is 45.4 Å². The van der Waals surface area contributed by atoms with E-state index in [9.17, 15) is 14.7 Å². The van der Waals surface area contributed by atoms with Crippen LogP contribution in [-0.4, -0.2) is 47.2 Å². The van der Waals surface area contributed by atoms with Gasteiger partial charge in [0.25, 0.3) is 0 Å². The minimum Gasteiger partial charge on any atom is -0.445 e. The van der Waals surface area contributed by atoms with E-state index in [-0.39, 0.29) is 31.1 Å². The summed E-state index contributed by atoms with van der Waals surface area (Å²) in [6.07, 6.45) is 0.911. The second-order valence-corrected chi connectivity index (χ2v) is 6.43. The fourth-order valence-electron chi connectivity index (χ4n) is 2.76. The van der Waals surface area contributed by atoms with Crippen LogP contribution >= 0.6 is 0 Å². The molecule has 0 aliphatic carbocycles. The number of nitrogens with one attached hydrogen (secondary N) is 1. The third kappa shape index (κ3) is 4.71. The third-order valence-electron chi connectivity index (χ3n) is 4.32. The number of benzene rings is 1. The third-order valence-corrected chi connectivity index (χ3v) is 4.32. The number of rotatable bonds is 6. The molecule has 1 saturated heterocycles. The first-order valence-electron chi connectivity index (χ1n) is 8.41. The highest BCUT2D eigenvalue weighted by Crippen LogP contribution is 2.19. The van der Waals surface area contributed by atoms with Crippen LogP contribution in [0.25, 0.3) is 0 Å². The Morgan fingerprint density at radius 1 is 1.33 bits per heavy atom. The van der Waals surface area contributed by atoms with Gasteiger partial charge in [-0.3, -0.25) is 9.69 Å². The fraction of sp³-hybridized carbons (Fsp3) is 0.556. The van der Waals surface area contributed by atoms with E-state index in [0.717, 1.165) is 12.0 Å². The number of amides is 2. The van der Waals surface area contributed by atoms with Crippen molar-refractivity contribution in [2.24, 2.45) is 5.92 Å². The lowest BCUT2D eigenvalue weighted by atomic mass is 10.0. The average Bonchev–Trinajstić information content (AvgIpc) is 3.08. The number of carbonyl (C=O) groups is 2. The van der Waals surface area contributed by atoms with Gasteiger partial charge < -0.3 is 15.2 Å². The molecule has 2 rings (SSSR count). The van der Waals surface area contributed by atoms with Crippen LogP contribution in [0.3, 0.4) is 0 Å². The first-order valence-corrected chi connectivity index (χ1v) is 8.41. The quantitative estimate of drug-likeness (QED) is 0.833. The van der Waals surface area contributed by atoms with E-state index in [0.29, 0.717) is 13.0 Å². The van der Waals surface area contributed by atoms with Crippen molar-refractivity contribution in [3.63, 3.8) is 0 Å². The van der Waals surface area contributed by atoms with Crippen molar-refractivity contribution in [1.82, 2.24) is 10.2 Å². The molecule has 132 valence electrons. The van der Waals surface area contributed by atoms with Crippen LogP contribution in [0.4, 0.5) is 4.79 Å². The number of ether oxygens (including phenoxy) is 1. The standard InChI is InChI=1S/C18H26N2O4/c1-13(2)15(11-21)19-17(22)16-9-6-10-20(16)18(23)24-12-14-7-4-3-5-8-14/h3-5,7-8,13,15-16,21H,6,9-12H2,1-2H3,(H,19,22). The minimum absolute atomic E-state index is 0.116. The first-order chi connectivity index (χ1) is 11.5. The summed E-state index contributed by atoms with van der Waals surface area (Å²) in [5, 5.41) is 12.2. The second-order valence-electron chi connectivity index (χ2n) is 6.43. The maximum absolute atomic E-state index is 12.4. The molecule has 2 atom stereocenters. The van der Waals surface area contributed by atoms with Crippen LogP contribution in [0, 0.1) is 5.92 Å². The van der Waals surface area contributed by atoms with Gasteiger partial charge in [-0.05, 0) is 24.3 Å². The van der Waals surface area contributed by atoms with Gasteiger partial charge in [0.05, 0.1) is 12.6 Å². The normalized spacial score (nSPS) is 18.5. The predicted molar refractivity (Wildman–Crippen MR) is 90.2 cm³/mol. The lowest BCUT2D eigenvalue weighted by Crippen LogP contribution is -2.51. The molecule has 2 N–H and O–H groups in total. The van der Waals surface area contributed by atoms with Gasteiger partial charge in [0.1, 0.15) is 12.6 Å². The fourth-order valence-corrected chi connectivity index (χ4v) is 2.76. The zero-order valence-electron chi connectivity index (χ0n) is 14.3. The smallest absolute Gasteiger partial charge is 0.410 e. The van der Waals surface area contributed by atoms with E-state index >= 15 is 0 Å². The molecule has 24 heavy (non-hydrogen) atoms. The van der Waals surface area contributed by atoms with Crippen molar-refractivity contribution < 1.29 is 19.4 Å². The number of aliphatic hydroxyl groups is 1. The van der Waals surface area contributed by atoms with Crippen molar-refractivity contribution in [3.8, 4) is 0 Å². The van der Waals surface area contributed by atoms with Crippen molar-refractivity contribution in [3.05, 3.63) is 35.9 Å². The highest BCUT2D eigenvalue weighted by molar-refractivity contribution is 5.86. The number of nitrogens with zero attached hydrogens (tertiary/aromatic N) is 1. The molecule has 1 fully saturated rings. The van der Waals surface area contributed by atoms with Gasteiger partial charge in [-0.15, -0.1) is 0 Å². The number of carbonyl (C=O) groups excluding carboxylic acids is 2. The van der Waals surface area contributed by atoms with E-state index in [1.807, 2.05) is 44.2 Å². The summed E-state index contributed by atoms with van der Waals surface area (Å²) in [6.45, 7) is 4.45. The Morgan fingerprint density at radius 2 is 2.04 bits per heavy atom. The van der Waals surface area contributed by atoms with Crippen LogP contribution in [0.1, 0.15) is 32.3 Å². The molecule has 2 unspecified atom stereocenters. The molecule has 1 aliphatic rings. The Labute approximate surface area is 142 Å². The molecular formula is C18H26N2O4.